The third kappa shape index (κ3) is 4.51. The largest absolute Gasteiger partial charge is 0.497 e. The van der Waals surface area contributed by atoms with Crippen molar-refractivity contribution in [3.63, 3.8) is 0 Å². The molecule has 6 nitrogen and oxygen atoms in total. The number of anilines is 1. The van der Waals surface area contributed by atoms with Gasteiger partial charge in [0.25, 0.3) is 5.91 Å². The van der Waals surface area contributed by atoms with Crippen LogP contribution < -0.4 is 14.8 Å². The zero-order chi connectivity index (χ0) is 21.1. The van der Waals surface area contributed by atoms with E-state index in [0.29, 0.717) is 40.0 Å². The lowest BCUT2D eigenvalue weighted by molar-refractivity contribution is 0.102. The van der Waals surface area contributed by atoms with Crippen molar-refractivity contribution in [1.29, 1.82) is 0 Å². The highest BCUT2D eigenvalue weighted by molar-refractivity contribution is 6.31. The number of halogens is 2. The van der Waals surface area contributed by atoms with Crippen LogP contribution in [0.5, 0.6) is 11.5 Å². The molecule has 0 saturated heterocycles. The number of ether oxygens (including phenoxy) is 2. The molecule has 8 heteroatoms. The number of nitrogens with one attached hydrogen (secondary N) is 1. The predicted octanol–water partition coefficient (Wildman–Crippen LogP) is 4.61. The molecule has 0 aliphatic carbocycles. The molecule has 29 heavy (non-hydrogen) atoms. The highest BCUT2D eigenvalue weighted by Gasteiger charge is 2.17. The maximum Gasteiger partial charge on any atom is 0.256 e. The normalized spacial score (nSPS) is 10.7. The van der Waals surface area contributed by atoms with Crippen molar-refractivity contribution in [3.8, 4) is 11.5 Å². The van der Waals surface area contributed by atoms with Gasteiger partial charge in [-0.2, -0.15) is 5.10 Å². The molecule has 0 atom stereocenters. The van der Waals surface area contributed by atoms with E-state index in [2.05, 4.69) is 10.4 Å². The summed E-state index contributed by atoms with van der Waals surface area (Å²) in [6.07, 6.45) is 0. The van der Waals surface area contributed by atoms with E-state index in [4.69, 9.17) is 21.1 Å². The summed E-state index contributed by atoms with van der Waals surface area (Å²) in [4.78, 5) is 12.8. The van der Waals surface area contributed by atoms with Gasteiger partial charge in [0.2, 0.25) is 0 Å². The van der Waals surface area contributed by atoms with Gasteiger partial charge in [-0.1, -0.05) is 17.7 Å². The fourth-order valence-corrected chi connectivity index (χ4v) is 3.19. The van der Waals surface area contributed by atoms with Gasteiger partial charge in [-0.15, -0.1) is 0 Å². The van der Waals surface area contributed by atoms with Gasteiger partial charge in [0.1, 0.15) is 17.3 Å². The number of hydrogen-bond acceptors (Lipinski definition) is 4. The van der Waals surface area contributed by atoms with E-state index < -0.39 is 5.82 Å². The molecule has 0 radical (unpaired) electrons. The van der Waals surface area contributed by atoms with Gasteiger partial charge in [-0.25, -0.2) is 4.39 Å². The van der Waals surface area contributed by atoms with Crippen LogP contribution in [0.25, 0.3) is 0 Å². The Balaban J connectivity index is 1.86. The monoisotopic (exact) mass is 417 g/mol. The minimum Gasteiger partial charge on any atom is -0.497 e. The molecule has 0 aliphatic rings. The number of aryl methyl sites for hydroxylation is 1. The quantitative estimate of drug-likeness (QED) is 0.636. The number of methoxy groups -OCH3 is 2. The Morgan fingerprint density at radius 1 is 1.14 bits per heavy atom. The smallest absolute Gasteiger partial charge is 0.256 e. The molecule has 3 aromatic rings. The Labute approximate surface area is 173 Å². The average molecular weight is 418 g/mol. The number of nitrogens with zero attached hydrogens (tertiary/aromatic N) is 2. The van der Waals surface area contributed by atoms with Gasteiger partial charge in [0.05, 0.1) is 37.8 Å². The SMILES string of the molecule is COc1cc(OC)cc(C(=O)Nc2c(C)nn(Cc3ccc(F)cc3Cl)c2C)c1. The fraction of sp³-hybridized carbons (Fsp3) is 0.238. The molecule has 152 valence electrons. The average Bonchev–Trinajstić information content (AvgIpc) is 2.96. The van der Waals surface area contributed by atoms with Crippen LogP contribution in [0.4, 0.5) is 10.1 Å². The van der Waals surface area contributed by atoms with Crippen LogP contribution in [0.1, 0.15) is 27.3 Å². The van der Waals surface area contributed by atoms with Gasteiger partial charge in [0.15, 0.2) is 0 Å². The molecule has 0 aliphatic heterocycles. The minimum atomic E-state index is -0.395. The Morgan fingerprint density at radius 2 is 1.79 bits per heavy atom. The third-order valence-electron chi connectivity index (χ3n) is 4.57. The summed E-state index contributed by atoms with van der Waals surface area (Å²) in [6.45, 7) is 4.01. The molecule has 1 heterocycles. The highest BCUT2D eigenvalue weighted by atomic mass is 35.5. The maximum absolute atomic E-state index is 13.3. The molecule has 1 amide bonds. The van der Waals surface area contributed by atoms with E-state index in [9.17, 15) is 9.18 Å². The number of rotatable bonds is 6. The zero-order valence-corrected chi connectivity index (χ0v) is 17.3. The van der Waals surface area contributed by atoms with Crippen LogP contribution in [0.15, 0.2) is 36.4 Å². The Kier molecular flexibility index (Phi) is 6.08. The zero-order valence-electron chi connectivity index (χ0n) is 16.5. The number of amides is 1. The summed E-state index contributed by atoms with van der Waals surface area (Å²) in [6, 6.07) is 9.19. The number of hydrogen-bond donors (Lipinski definition) is 1. The van der Waals surface area contributed by atoms with Crippen molar-refractivity contribution in [3.05, 3.63) is 69.8 Å². The van der Waals surface area contributed by atoms with Crippen molar-refractivity contribution in [2.45, 2.75) is 20.4 Å². The van der Waals surface area contributed by atoms with E-state index >= 15 is 0 Å². The number of carbonyl (C=O) groups excluding carboxylic acids is 1. The summed E-state index contributed by atoms with van der Waals surface area (Å²) in [5.74, 6) is 0.329. The minimum absolute atomic E-state index is 0.312. The lowest BCUT2D eigenvalue weighted by atomic mass is 10.1. The molecular weight excluding hydrogens is 397 g/mol. The molecule has 1 N–H and O–H groups in total. The standard InChI is InChI=1S/C21H21ClFN3O3/c1-12-20(24-21(27)15-7-17(28-3)10-18(8-15)29-4)13(2)26(25-12)11-14-5-6-16(23)9-19(14)22/h5-10H,11H2,1-4H3,(H,24,27). The summed E-state index contributed by atoms with van der Waals surface area (Å²) in [5, 5.41) is 7.71. The molecule has 0 bridgehead atoms. The first-order valence-electron chi connectivity index (χ1n) is 8.84. The van der Waals surface area contributed by atoms with Crippen molar-refractivity contribution in [2.24, 2.45) is 0 Å². The van der Waals surface area contributed by atoms with Gasteiger partial charge < -0.3 is 14.8 Å². The van der Waals surface area contributed by atoms with E-state index in [-0.39, 0.29) is 5.91 Å². The van der Waals surface area contributed by atoms with E-state index in [0.717, 1.165) is 11.3 Å². The van der Waals surface area contributed by atoms with Crippen LogP contribution in [-0.4, -0.2) is 29.9 Å². The second-order valence-electron chi connectivity index (χ2n) is 6.49. The van der Waals surface area contributed by atoms with Gasteiger partial charge in [0, 0.05) is 16.7 Å². The summed E-state index contributed by atoms with van der Waals surface area (Å²) < 4.78 is 25.4. The molecule has 2 aromatic carbocycles. The van der Waals surface area contributed by atoms with E-state index in [1.54, 1.807) is 35.9 Å². The van der Waals surface area contributed by atoms with Crippen LogP contribution in [-0.2, 0) is 6.54 Å². The fourth-order valence-electron chi connectivity index (χ4n) is 2.97. The van der Waals surface area contributed by atoms with E-state index in [1.165, 1.54) is 26.4 Å². The first-order valence-corrected chi connectivity index (χ1v) is 9.22. The topological polar surface area (TPSA) is 65.4 Å². The molecule has 0 spiro atoms. The Hall–Kier alpha value is -3.06. The van der Waals surface area contributed by atoms with Crippen molar-refractivity contribution < 1.29 is 18.7 Å². The van der Waals surface area contributed by atoms with Crippen molar-refractivity contribution in [2.75, 3.05) is 19.5 Å². The van der Waals surface area contributed by atoms with Crippen LogP contribution in [0, 0.1) is 19.7 Å². The Morgan fingerprint density at radius 3 is 2.38 bits per heavy atom. The molecule has 1 aromatic heterocycles. The van der Waals surface area contributed by atoms with Crippen molar-refractivity contribution in [1.82, 2.24) is 9.78 Å². The second kappa shape index (κ2) is 8.53. The number of carbonyl (C=O) groups is 1. The van der Waals surface area contributed by atoms with Gasteiger partial charge in [-0.3, -0.25) is 9.48 Å². The maximum atomic E-state index is 13.3. The molecule has 0 saturated carbocycles. The second-order valence-corrected chi connectivity index (χ2v) is 6.90. The van der Waals surface area contributed by atoms with Crippen LogP contribution >= 0.6 is 11.6 Å². The van der Waals surface area contributed by atoms with Crippen molar-refractivity contribution >= 4 is 23.2 Å². The molecule has 0 unspecified atom stereocenters. The first-order chi connectivity index (χ1) is 13.8. The number of benzene rings is 2. The van der Waals surface area contributed by atoms with E-state index in [1.807, 2.05) is 6.92 Å². The summed E-state index contributed by atoms with van der Waals surface area (Å²) in [5.41, 5.74) is 3.15. The molecule has 0 fully saturated rings. The summed E-state index contributed by atoms with van der Waals surface area (Å²) in [7, 11) is 3.05. The Bertz CT molecular complexity index is 1040. The predicted molar refractivity (Wildman–Crippen MR) is 110 cm³/mol. The molecular formula is C21H21ClFN3O3. The van der Waals surface area contributed by atoms with Gasteiger partial charge >= 0.3 is 0 Å². The first kappa shape index (κ1) is 20.7. The summed E-state index contributed by atoms with van der Waals surface area (Å²) >= 11 is 6.13. The van der Waals surface area contributed by atoms with Crippen LogP contribution in [0.2, 0.25) is 5.02 Å². The lowest BCUT2D eigenvalue weighted by Gasteiger charge is -2.10. The molecule has 3 rings (SSSR count). The lowest BCUT2D eigenvalue weighted by Crippen LogP contribution is -2.14. The van der Waals surface area contributed by atoms with Gasteiger partial charge in [-0.05, 0) is 43.7 Å². The van der Waals surface area contributed by atoms with Crippen LogP contribution in [0.3, 0.4) is 0 Å². The highest BCUT2D eigenvalue weighted by Crippen LogP contribution is 2.26. The third-order valence-corrected chi connectivity index (χ3v) is 4.92. The number of aromatic nitrogens is 2.